The quantitative estimate of drug-likeness (QED) is 0.0655. The van der Waals surface area contributed by atoms with Gasteiger partial charge in [-0.25, -0.2) is 8.42 Å². The number of carbonyl (C=O) groups is 2. The summed E-state index contributed by atoms with van der Waals surface area (Å²) in [7, 11) is -2.54. The van der Waals surface area contributed by atoms with E-state index in [1.165, 1.54) is 12.3 Å². The van der Waals surface area contributed by atoms with Crippen LogP contribution in [0.1, 0.15) is 22.8 Å². The zero-order valence-corrected chi connectivity index (χ0v) is 27.0. The number of sulfonamides is 1. The monoisotopic (exact) mass is 727 g/mol. The number of hydrogen-bond donors (Lipinski definition) is 2. The number of nitrogens with zero attached hydrogens (tertiary/aromatic N) is 3. The first-order chi connectivity index (χ1) is 20.6. The van der Waals surface area contributed by atoms with Gasteiger partial charge in [-0.05, 0) is 61.5 Å². The molecule has 3 aromatic carbocycles. The van der Waals surface area contributed by atoms with Gasteiger partial charge in [-0.15, -0.1) is 24.0 Å². The Hall–Kier alpha value is -4.50. The van der Waals surface area contributed by atoms with Crippen LogP contribution in [0, 0.1) is 5.41 Å². The number of anilines is 1. The maximum atomic E-state index is 14.1. The standard InChI is InChI=1S/C31H29N5O6S.HI/c1-3-41-29(38)18-36(43(39,40)28-8-4-6-20-7-5-15-34-30(20)28)22-11-14-26-24(16-22)25(17-35(26)2)27(37)19-42-23-12-9-21(10-13-23)31(32)33;/h4-17H,3,18-19H2,1-2H3,(H3,32,33);1H. The number of rotatable bonds is 11. The van der Waals surface area contributed by atoms with Gasteiger partial charge in [-0.2, -0.15) is 0 Å². The third-order valence-electron chi connectivity index (χ3n) is 6.84. The average molecular weight is 728 g/mol. The lowest BCUT2D eigenvalue weighted by atomic mass is 10.1. The molecule has 0 aliphatic rings. The first kappa shape index (κ1) is 32.4. The molecule has 2 heterocycles. The van der Waals surface area contributed by atoms with Crippen molar-refractivity contribution in [2.75, 3.05) is 24.1 Å². The first-order valence-corrected chi connectivity index (χ1v) is 14.8. The topological polar surface area (TPSA) is 158 Å². The van der Waals surface area contributed by atoms with Crippen LogP contribution in [0.3, 0.4) is 0 Å². The Morgan fingerprint density at radius 3 is 2.48 bits per heavy atom. The normalized spacial score (nSPS) is 11.1. The van der Waals surface area contributed by atoms with Crippen molar-refractivity contribution in [3.63, 3.8) is 0 Å². The maximum Gasteiger partial charge on any atom is 0.326 e. The second-order valence-electron chi connectivity index (χ2n) is 9.65. The molecule has 0 radical (unpaired) electrons. The van der Waals surface area contributed by atoms with Crippen molar-refractivity contribution >= 4 is 79.1 Å². The van der Waals surface area contributed by atoms with Gasteiger partial charge in [0, 0.05) is 46.9 Å². The highest BCUT2D eigenvalue weighted by Gasteiger charge is 2.30. The van der Waals surface area contributed by atoms with Crippen molar-refractivity contribution in [1.82, 2.24) is 9.55 Å². The van der Waals surface area contributed by atoms with E-state index in [4.69, 9.17) is 20.6 Å². The summed E-state index contributed by atoms with van der Waals surface area (Å²) in [5.74, 6) is -0.719. The molecular formula is C31H30IN5O6S. The van der Waals surface area contributed by atoms with Crippen LogP contribution >= 0.6 is 24.0 Å². The smallest absolute Gasteiger partial charge is 0.326 e. The molecule has 11 nitrogen and oxygen atoms in total. The van der Waals surface area contributed by atoms with E-state index in [9.17, 15) is 18.0 Å². The third kappa shape index (κ3) is 6.53. The molecule has 0 unspecified atom stereocenters. The van der Waals surface area contributed by atoms with Gasteiger partial charge in [0.2, 0.25) is 5.78 Å². The number of carbonyl (C=O) groups excluding carboxylic acids is 2. The lowest BCUT2D eigenvalue weighted by Gasteiger charge is -2.24. The largest absolute Gasteiger partial charge is 0.485 e. The van der Waals surface area contributed by atoms with Gasteiger partial charge >= 0.3 is 5.97 Å². The van der Waals surface area contributed by atoms with E-state index in [0.29, 0.717) is 33.2 Å². The number of nitrogen functional groups attached to an aromatic ring is 1. The predicted molar refractivity (Wildman–Crippen MR) is 179 cm³/mol. The lowest BCUT2D eigenvalue weighted by Crippen LogP contribution is -2.36. The highest BCUT2D eigenvalue weighted by Crippen LogP contribution is 2.32. The van der Waals surface area contributed by atoms with Crippen molar-refractivity contribution in [3.05, 3.63) is 96.3 Å². The van der Waals surface area contributed by atoms with Gasteiger partial charge < -0.3 is 19.8 Å². The van der Waals surface area contributed by atoms with Crippen LogP contribution in [0.2, 0.25) is 0 Å². The Bertz CT molecular complexity index is 1970. The van der Waals surface area contributed by atoms with E-state index in [2.05, 4.69) is 4.98 Å². The number of nitrogens with one attached hydrogen (secondary N) is 1. The van der Waals surface area contributed by atoms with Crippen molar-refractivity contribution < 1.29 is 27.5 Å². The van der Waals surface area contributed by atoms with Crippen LogP contribution in [0.5, 0.6) is 5.75 Å². The van der Waals surface area contributed by atoms with Crippen molar-refractivity contribution in [1.29, 1.82) is 5.41 Å². The van der Waals surface area contributed by atoms with Crippen LogP contribution in [-0.2, 0) is 26.6 Å². The summed E-state index contributed by atoms with van der Waals surface area (Å²) in [5.41, 5.74) is 7.46. The number of amidine groups is 1. The van der Waals surface area contributed by atoms with Gasteiger partial charge in [0.1, 0.15) is 23.0 Å². The SMILES string of the molecule is CCOC(=O)CN(c1ccc2c(c1)c(C(=O)COc1ccc(C(=N)N)cc1)cn2C)S(=O)(=O)c1cccc2cccnc12.I. The molecule has 0 spiro atoms. The minimum Gasteiger partial charge on any atom is -0.485 e. The number of benzene rings is 3. The molecule has 13 heteroatoms. The number of Topliss-reactive ketones (excluding diaryl/α,β-unsaturated/α-hetero) is 1. The van der Waals surface area contributed by atoms with Crippen molar-refractivity contribution in [2.24, 2.45) is 12.8 Å². The molecule has 0 amide bonds. The Labute approximate surface area is 271 Å². The second-order valence-corrected chi connectivity index (χ2v) is 11.5. The molecule has 0 aliphatic heterocycles. The predicted octanol–water partition coefficient (Wildman–Crippen LogP) is 4.65. The fourth-order valence-corrected chi connectivity index (χ4v) is 6.33. The van der Waals surface area contributed by atoms with E-state index in [0.717, 1.165) is 4.31 Å². The van der Waals surface area contributed by atoms with E-state index in [1.54, 1.807) is 91.5 Å². The summed E-state index contributed by atoms with van der Waals surface area (Å²) in [4.78, 5) is 30.2. The van der Waals surface area contributed by atoms with Gasteiger partial charge in [0.05, 0.1) is 17.8 Å². The zero-order valence-electron chi connectivity index (χ0n) is 23.9. The number of ketones is 1. The summed E-state index contributed by atoms with van der Waals surface area (Å²) in [6, 6.07) is 19.6. The van der Waals surface area contributed by atoms with Gasteiger partial charge in [-0.3, -0.25) is 24.3 Å². The molecule has 0 aliphatic carbocycles. The molecule has 0 bridgehead atoms. The molecule has 0 saturated heterocycles. The summed E-state index contributed by atoms with van der Waals surface area (Å²) >= 11 is 0. The molecule has 2 aromatic heterocycles. The van der Waals surface area contributed by atoms with Crippen LogP contribution < -0.4 is 14.8 Å². The molecule has 228 valence electrons. The number of para-hydroxylation sites is 1. The van der Waals surface area contributed by atoms with Crippen LogP contribution in [-0.4, -0.2) is 55.3 Å². The molecule has 0 atom stereocenters. The maximum absolute atomic E-state index is 14.1. The molecule has 0 saturated carbocycles. The molecule has 3 N–H and O–H groups in total. The molecule has 5 aromatic rings. The fourth-order valence-electron chi connectivity index (χ4n) is 4.76. The Morgan fingerprint density at radius 2 is 1.77 bits per heavy atom. The minimum atomic E-state index is -4.32. The summed E-state index contributed by atoms with van der Waals surface area (Å²) in [6.07, 6.45) is 3.16. The van der Waals surface area contributed by atoms with Gasteiger partial charge in [0.15, 0.2) is 6.61 Å². The number of esters is 1. The molecule has 44 heavy (non-hydrogen) atoms. The summed E-state index contributed by atoms with van der Waals surface area (Å²) in [6.45, 7) is 0.852. The number of aryl methyl sites for hydroxylation is 1. The second kappa shape index (κ2) is 13.4. The molecule has 5 rings (SSSR count). The number of nitrogens with two attached hydrogens (primary N) is 1. The Balaban J connectivity index is 0.00000442. The van der Waals surface area contributed by atoms with Crippen LogP contribution in [0.25, 0.3) is 21.8 Å². The summed E-state index contributed by atoms with van der Waals surface area (Å²) < 4.78 is 41.8. The molecule has 0 fully saturated rings. The van der Waals surface area contributed by atoms with Crippen molar-refractivity contribution in [3.8, 4) is 5.75 Å². The fraction of sp³-hybridized carbons (Fsp3) is 0.161. The minimum absolute atomic E-state index is 0. The Morgan fingerprint density at radius 1 is 1.05 bits per heavy atom. The number of ether oxygens (including phenoxy) is 2. The number of aromatic nitrogens is 2. The number of hydrogen-bond acceptors (Lipinski definition) is 8. The average Bonchev–Trinajstić information content (AvgIpc) is 3.34. The highest BCUT2D eigenvalue weighted by molar-refractivity contribution is 14.0. The van der Waals surface area contributed by atoms with E-state index >= 15 is 0 Å². The van der Waals surface area contributed by atoms with Gasteiger partial charge in [-0.1, -0.05) is 18.2 Å². The first-order valence-electron chi connectivity index (χ1n) is 13.3. The zero-order chi connectivity index (χ0) is 30.7. The van der Waals surface area contributed by atoms with Crippen LogP contribution in [0.4, 0.5) is 5.69 Å². The number of halogens is 1. The highest BCUT2D eigenvalue weighted by atomic mass is 127. The van der Waals surface area contributed by atoms with Crippen LogP contribution in [0.15, 0.2) is 90.1 Å². The Kier molecular flexibility index (Phi) is 9.89. The number of pyridine rings is 1. The van der Waals surface area contributed by atoms with Gasteiger partial charge in [0.25, 0.3) is 10.0 Å². The lowest BCUT2D eigenvalue weighted by molar-refractivity contribution is -0.141. The van der Waals surface area contributed by atoms with Crippen molar-refractivity contribution in [2.45, 2.75) is 11.8 Å². The van der Waals surface area contributed by atoms with E-state index in [-0.39, 0.29) is 64.9 Å². The number of fused-ring (bicyclic) bond motifs is 2. The summed E-state index contributed by atoms with van der Waals surface area (Å²) in [5, 5.41) is 8.62. The van der Waals surface area contributed by atoms with E-state index in [1.807, 2.05) is 0 Å². The molecular weight excluding hydrogens is 697 g/mol. The third-order valence-corrected chi connectivity index (χ3v) is 8.64. The van der Waals surface area contributed by atoms with E-state index < -0.39 is 22.5 Å².